The monoisotopic (exact) mass is 639 g/mol. The Morgan fingerprint density at radius 2 is 1.85 bits per heavy atom. The summed E-state index contributed by atoms with van der Waals surface area (Å²) in [5, 5.41) is 6.82. The number of aromatic nitrogens is 1. The zero-order chi connectivity index (χ0) is 33.4. The zero-order valence-electron chi connectivity index (χ0n) is 27.2. The highest BCUT2D eigenvalue weighted by Gasteiger charge is 2.36. The van der Waals surface area contributed by atoms with Crippen LogP contribution in [-0.2, 0) is 25.7 Å². The summed E-state index contributed by atoms with van der Waals surface area (Å²) in [5.74, 6) is -4.08. The smallest absolute Gasteiger partial charge is 0.329 e. The maximum absolute atomic E-state index is 14.4. The number of H-pyrrole nitrogens is 1. The average Bonchev–Trinajstić information content (AvgIpc) is 3.45. The summed E-state index contributed by atoms with van der Waals surface area (Å²) < 4.78 is 33.8. The van der Waals surface area contributed by atoms with Gasteiger partial charge in [-0.2, -0.15) is 0 Å². The van der Waals surface area contributed by atoms with E-state index in [1.165, 1.54) is 6.07 Å². The second-order valence-corrected chi connectivity index (χ2v) is 13.2. The first-order valence-electron chi connectivity index (χ1n) is 16.1. The van der Waals surface area contributed by atoms with Crippen LogP contribution in [0.1, 0.15) is 76.8 Å². The van der Waals surface area contributed by atoms with E-state index in [0.717, 1.165) is 22.5 Å². The molecule has 1 aliphatic heterocycles. The van der Waals surface area contributed by atoms with Gasteiger partial charge in [-0.1, -0.05) is 37.3 Å². The number of hydrogen-bond donors (Lipinski definition) is 4. The molecule has 46 heavy (non-hydrogen) atoms. The molecule has 11 heteroatoms. The molecule has 0 spiro atoms. The lowest BCUT2D eigenvalue weighted by molar-refractivity contribution is -0.159. The lowest BCUT2D eigenvalue weighted by Crippen LogP contribution is -2.56. The highest BCUT2D eigenvalue weighted by molar-refractivity contribution is 5.93. The Morgan fingerprint density at radius 1 is 1.09 bits per heavy atom. The molecule has 2 amide bonds. The number of rotatable bonds is 13. The van der Waals surface area contributed by atoms with Gasteiger partial charge in [-0.15, -0.1) is 0 Å². The molecule has 2 heterocycles. The number of carbonyl (C=O) groups is 3. The molecule has 250 valence electrons. The second-order valence-electron chi connectivity index (χ2n) is 13.2. The Bertz CT molecular complexity index is 1500. The fraction of sp³-hybridized carbons (Fsp3) is 0.514. The van der Waals surface area contributed by atoms with E-state index in [1.54, 1.807) is 26.8 Å². The van der Waals surface area contributed by atoms with E-state index in [1.807, 2.05) is 42.3 Å². The first-order valence-corrected chi connectivity index (χ1v) is 16.1. The molecular weight excluding hydrogens is 592 g/mol. The molecule has 9 nitrogen and oxygen atoms in total. The number of para-hydroxylation sites is 1. The molecule has 1 aliphatic rings. The lowest BCUT2D eigenvalue weighted by atomic mass is 9.90. The minimum Gasteiger partial charge on any atom is -0.458 e. The third kappa shape index (κ3) is 9.13. The summed E-state index contributed by atoms with van der Waals surface area (Å²) in [6.07, 6.45) is 4.74. The number of benzene rings is 2. The van der Waals surface area contributed by atoms with Gasteiger partial charge in [-0.05, 0) is 83.7 Å². The number of nitrogens with one attached hydrogen (secondary N) is 3. The summed E-state index contributed by atoms with van der Waals surface area (Å²) in [4.78, 5) is 46.2. The molecule has 4 atom stereocenters. The Hall–Kier alpha value is -3.83. The number of fused-ring (bicyclic) bond motifs is 1. The quantitative estimate of drug-likeness (QED) is 0.156. The number of carbonyl (C=O) groups excluding carboxylic acids is 3. The van der Waals surface area contributed by atoms with Crippen LogP contribution in [0.15, 0.2) is 48.7 Å². The van der Waals surface area contributed by atoms with E-state index < -0.39 is 53.0 Å². The summed E-state index contributed by atoms with van der Waals surface area (Å²) in [7, 11) is 0. The van der Waals surface area contributed by atoms with Crippen molar-refractivity contribution in [1.82, 2.24) is 20.5 Å². The standard InChI is InChI=1S/C35H47F2N5O4/c1-22(26-19-39-28-15-6-5-13-25(26)28)31(33(44)40-29(16-7-8-17-38)34(45)46-35(2,3)4)41-32(43)24-12-10-18-42(21-24)20-23-11-9-14-27(36)30(23)37/h5-6,9,11,13-15,19,22,24,29,31,39H,7-8,10,12,16-18,20-21,38H2,1-4H3,(H,40,44)(H,41,43)/t22-,24?,29-,31-/m0/s1. The normalized spacial score (nSPS) is 17.7. The second kappa shape index (κ2) is 15.6. The van der Waals surface area contributed by atoms with Crippen molar-refractivity contribution in [3.63, 3.8) is 0 Å². The Kier molecular flexibility index (Phi) is 11.9. The molecule has 0 aliphatic carbocycles. The van der Waals surface area contributed by atoms with Gasteiger partial charge < -0.3 is 26.1 Å². The maximum Gasteiger partial charge on any atom is 0.329 e. The van der Waals surface area contributed by atoms with Crippen molar-refractivity contribution in [3.05, 3.63) is 71.4 Å². The van der Waals surface area contributed by atoms with Gasteiger partial charge in [0, 0.05) is 41.7 Å². The van der Waals surface area contributed by atoms with Crippen LogP contribution in [0.25, 0.3) is 10.9 Å². The molecule has 4 rings (SSSR count). The fourth-order valence-corrected chi connectivity index (χ4v) is 6.04. The molecule has 3 aromatic rings. The third-order valence-corrected chi connectivity index (χ3v) is 8.45. The van der Waals surface area contributed by atoms with Gasteiger partial charge in [-0.3, -0.25) is 14.5 Å². The highest BCUT2D eigenvalue weighted by atomic mass is 19.2. The van der Waals surface area contributed by atoms with Gasteiger partial charge in [0.2, 0.25) is 11.8 Å². The van der Waals surface area contributed by atoms with Crippen LogP contribution in [-0.4, -0.2) is 65.0 Å². The molecule has 0 radical (unpaired) electrons. The molecular formula is C35H47F2N5O4. The number of nitrogens with two attached hydrogens (primary N) is 1. The number of nitrogens with zero attached hydrogens (tertiary/aromatic N) is 1. The van der Waals surface area contributed by atoms with Gasteiger partial charge >= 0.3 is 5.97 Å². The van der Waals surface area contributed by atoms with Crippen LogP contribution in [0.5, 0.6) is 0 Å². The molecule has 1 saturated heterocycles. The van der Waals surface area contributed by atoms with Crippen LogP contribution < -0.4 is 16.4 Å². The fourth-order valence-electron chi connectivity index (χ4n) is 6.04. The number of hydrogen-bond acceptors (Lipinski definition) is 6. The van der Waals surface area contributed by atoms with E-state index in [0.29, 0.717) is 51.7 Å². The van der Waals surface area contributed by atoms with Crippen molar-refractivity contribution in [2.24, 2.45) is 11.7 Å². The first kappa shape index (κ1) is 35.0. The Balaban J connectivity index is 1.56. The van der Waals surface area contributed by atoms with Gasteiger partial charge in [0.05, 0.1) is 5.92 Å². The Morgan fingerprint density at radius 3 is 2.59 bits per heavy atom. The first-order chi connectivity index (χ1) is 21.9. The van der Waals surface area contributed by atoms with E-state index >= 15 is 0 Å². The molecule has 1 fully saturated rings. The topological polar surface area (TPSA) is 130 Å². The zero-order valence-corrected chi connectivity index (χ0v) is 27.2. The lowest BCUT2D eigenvalue weighted by Gasteiger charge is -2.34. The predicted octanol–water partition coefficient (Wildman–Crippen LogP) is 4.90. The molecule has 5 N–H and O–H groups in total. The van der Waals surface area contributed by atoms with Crippen molar-refractivity contribution in [2.45, 2.75) is 89.9 Å². The number of ether oxygens (including phenoxy) is 1. The minimum atomic E-state index is -1.01. The molecule has 2 aromatic carbocycles. The maximum atomic E-state index is 14.4. The summed E-state index contributed by atoms with van der Waals surface area (Å²) in [5.41, 5.74) is 6.91. The average molecular weight is 640 g/mol. The number of unbranched alkanes of at least 4 members (excludes halogenated alkanes) is 1. The molecule has 1 unspecified atom stereocenters. The van der Waals surface area contributed by atoms with Crippen LogP contribution >= 0.6 is 0 Å². The van der Waals surface area contributed by atoms with E-state index in [9.17, 15) is 23.2 Å². The van der Waals surface area contributed by atoms with E-state index in [-0.39, 0.29) is 18.0 Å². The van der Waals surface area contributed by atoms with Crippen LogP contribution in [0.4, 0.5) is 8.78 Å². The molecule has 1 aromatic heterocycles. The number of amides is 2. The third-order valence-electron chi connectivity index (χ3n) is 8.45. The van der Waals surface area contributed by atoms with Crippen molar-refractivity contribution in [2.75, 3.05) is 19.6 Å². The SMILES string of the molecule is C[C@@H](c1c[nH]c2ccccc12)[C@H](NC(=O)C1CCCN(Cc2cccc(F)c2F)C1)C(=O)N[C@@H](CCCCN)C(=O)OC(C)(C)C. The summed E-state index contributed by atoms with van der Waals surface area (Å²) in [6.45, 7) is 8.76. The Labute approximate surface area is 269 Å². The predicted molar refractivity (Wildman–Crippen MR) is 174 cm³/mol. The van der Waals surface area contributed by atoms with Crippen molar-refractivity contribution in [3.8, 4) is 0 Å². The largest absolute Gasteiger partial charge is 0.458 e. The minimum absolute atomic E-state index is 0.170. The van der Waals surface area contributed by atoms with Crippen LogP contribution in [0.2, 0.25) is 0 Å². The van der Waals surface area contributed by atoms with Crippen LogP contribution in [0, 0.1) is 17.6 Å². The number of aromatic amines is 1. The summed E-state index contributed by atoms with van der Waals surface area (Å²) in [6, 6.07) is 9.88. The van der Waals surface area contributed by atoms with Gasteiger partial charge in [0.15, 0.2) is 11.6 Å². The van der Waals surface area contributed by atoms with Crippen molar-refractivity contribution in [1.29, 1.82) is 0 Å². The van der Waals surface area contributed by atoms with Crippen molar-refractivity contribution < 1.29 is 27.9 Å². The number of likely N-dealkylation sites (tertiary alicyclic amines) is 1. The summed E-state index contributed by atoms with van der Waals surface area (Å²) >= 11 is 0. The van der Waals surface area contributed by atoms with Gasteiger partial charge in [0.1, 0.15) is 17.7 Å². The van der Waals surface area contributed by atoms with Crippen molar-refractivity contribution >= 4 is 28.7 Å². The van der Waals surface area contributed by atoms with Crippen LogP contribution in [0.3, 0.4) is 0 Å². The number of piperidine rings is 1. The van der Waals surface area contributed by atoms with E-state index in [4.69, 9.17) is 10.5 Å². The number of esters is 1. The molecule has 0 saturated carbocycles. The molecule has 0 bridgehead atoms. The van der Waals surface area contributed by atoms with Gasteiger partial charge in [-0.25, -0.2) is 13.6 Å². The number of halogens is 2. The van der Waals surface area contributed by atoms with Gasteiger partial charge in [0.25, 0.3) is 0 Å². The van der Waals surface area contributed by atoms with E-state index in [2.05, 4.69) is 15.6 Å². The highest BCUT2D eigenvalue weighted by Crippen LogP contribution is 2.29.